The fraction of sp³-hybridized carbons (Fsp3) is 0.714. The molecule has 0 saturated carbocycles. The van der Waals surface area contributed by atoms with E-state index in [2.05, 4.69) is 72.1 Å². The highest BCUT2D eigenvalue weighted by atomic mass is 28.5. The molecule has 0 N–H and O–H groups in total. The van der Waals surface area contributed by atoms with Crippen LogP contribution in [0.3, 0.4) is 0 Å². The third-order valence-corrected chi connectivity index (χ3v) is 15.7. The summed E-state index contributed by atoms with van der Waals surface area (Å²) in [5, 5.41) is 0. The van der Waals surface area contributed by atoms with Gasteiger partial charge < -0.3 is 21.8 Å². The average molecular weight is 521 g/mol. The highest BCUT2D eigenvalue weighted by molar-refractivity contribution is 6.90. The Balaban J connectivity index is 6.11. The fourth-order valence-electron chi connectivity index (χ4n) is 2.74. The zero-order chi connectivity index (χ0) is 25.5. The third-order valence-electron chi connectivity index (χ3n) is 3.52. The first kappa shape index (κ1) is 31.2. The number of esters is 2. The van der Waals surface area contributed by atoms with Gasteiger partial charge in [-0.15, -0.1) is 0 Å². The largest absolute Gasteiger partial charge is 0.470 e. The number of hydrogen-bond acceptors (Lipinski definition) is 7. The molecule has 11 heteroatoms. The molecular weight excluding hydrogens is 477 g/mol. The van der Waals surface area contributed by atoms with Crippen LogP contribution in [0.25, 0.3) is 0 Å². The van der Waals surface area contributed by atoms with Crippen molar-refractivity contribution in [3.63, 3.8) is 0 Å². The molecule has 0 aliphatic heterocycles. The highest BCUT2D eigenvalue weighted by Crippen LogP contribution is 2.32. The van der Waals surface area contributed by atoms with Crippen LogP contribution in [-0.4, -0.2) is 58.9 Å². The summed E-state index contributed by atoms with van der Waals surface area (Å²) >= 11 is 0. The Hall–Kier alpha value is -0.832. The Morgan fingerprint density at radius 3 is 1.16 bits per heavy atom. The van der Waals surface area contributed by atoms with E-state index in [9.17, 15) is 9.59 Å². The fourth-order valence-corrected chi connectivity index (χ4v) is 17.5. The Kier molecular flexibility index (Phi) is 11.7. The quantitative estimate of drug-likeness (QED) is 0.174. The molecule has 0 aromatic rings. The summed E-state index contributed by atoms with van der Waals surface area (Å²) < 4.78 is 31.0. The zero-order valence-electron chi connectivity index (χ0n) is 22.0. The molecule has 0 aliphatic rings. The second kappa shape index (κ2) is 12.0. The molecule has 0 amide bonds. The van der Waals surface area contributed by atoms with Crippen LogP contribution in [0.4, 0.5) is 0 Å². The topological polar surface area (TPSA) is 80.3 Å². The number of ether oxygens (including phenoxy) is 2. The molecule has 7 nitrogen and oxygen atoms in total. The number of carbonyl (C=O) groups excluding carboxylic acids is 2. The lowest BCUT2D eigenvalue weighted by molar-refractivity contribution is -0.144. The molecule has 0 aromatic carbocycles. The smallest absolute Gasteiger partial charge is 0.462 e. The van der Waals surface area contributed by atoms with E-state index in [4.69, 9.17) is 21.8 Å². The summed E-state index contributed by atoms with van der Waals surface area (Å²) in [7, 11) is -9.42. The van der Waals surface area contributed by atoms with Gasteiger partial charge in [-0.3, -0.25) is 0 Å². The monoisotopic (exact) mass is 520 g/mol. The van der Waals surface area contributed by atoms with E-state index < -0.39 is 45.7 Å². The molecule has 0 aliphatic carbocycles. The predicted octanol–water partition coefficient (Wildman–Crippen LogP) is 5.33. The van der Waals surface area contributed by atoms with Crippen LogP contribution in [0.1, 0.15) is 13.8 Å². The Morgan fingerprint density at radius 1 is 0.656 bits per heavy atom. The highest BCUT2D eigenvalue weighted by Gasteiger charge is 2.51. The molecule has 0 saturated heterocycles. The van der Waals surface area contributed by atoms with Gasteiger partial charge in [0.15, 0.2) is 25.0 Å². The van der Waals surface area contributed by atoms with E-state index in [0.717, 1.165) is 0 Å². The second-order valence-corrected chi connectivity index (χ2v) is 28.1. The average Bonchev–Trinajstić information content (AvgIpc) is 2.51. The van der Waals surface area contributed by atoms with E-state index in [1.54, 1.807) is 13.8 Å². The molecule has 0 heterocycles. The first-order valence-corrected chi connectivity index (χ1v) is 23.1. The first-order valence-electron chi connectivity index (χ1n) is 10.9. The molecule has 0 radical (unpaired) electrons. The van der Waals surface area contributed by atoms with Crippen LogP contribution in [0.15, 0.2) is 24.3 Å². The van der Waals surface area contributed by atoms with Gasteiger partial charge in [0.2, 0.25) is 0 Å². The van der Waals surface area contributed by atoms with Crippen molar-refractivity contribution in [2.75, 3.05) is 13.2 Å². The first-order chi connectivity index (χ1) is 14.1. The molecular formula is C21H44O7Si4. The van der Waals surface area contributed by atoms with Crippen molar-refractivity contribution in [3.05, 3.63) is 24.3 Å². The van der Waals surface area contributed by atoms with Crippen molar-refractivity contribution in [3.8, 4) is 0 Å². The summed E-state index contributed by atoms with van der Waals surface area (Å²) in [6.07, 6.45) is 0. The van der Waals surface area contributed by atoms with Gasteiger partial charge in [-0.2, -0.15) is 0 Å². The molecule has 0 fully saturated rings. The van der Waals surface area contributed by atoms with Gasteiger partial charge in [0.25, 0.3) is 0 Å². The van der Waals surface area contributed by atoms with Crippen molar-refractivity contribution >= 4 is 45.7 Å². The van der Waals surface area contributed by atoms with Crippen LogP contribution >= 0.6 is 0 Å². The minimum atomic E-state index is -3.21. The van der Waals surface area contributed by atoms with E-state index in [1.807, 2.05) is 0 Å². The summed E-state index contributed by atoms with van der Waals surface area (Å²) in [5.74, 6) is -1.33. The van der Waals surface area contributed by atoms with Gasteiger partial charge in [-0.05, 0) is 72.8 Å². The van der Waals surface area contributed by atoms with Crippen LogP contribution in [0.2, 0.25) is 65.0 Å². The lowest BCUT2D eigenvalue weighted by atomic mass is 10.2. The van der Waals surface area contributed by atoms with Gasteiger partial charge in [0.05, 0.1) is 13.2 Å². The van der Waals surface area contributed by atoms with Crippen LogP contribution in [-0.2, 0) is 31.4 Å². The van der Waals surface area contributed by atoms with Gasteiger partial charge >= 0.3 is 20.7 Å². The lowest BCUT2D eigenvalue weighted by Gasteiger charge is -2.44. The zero-order valence-corrected chi connectivity index (χ0v) is 26.0. The molecule has 186 valence electrons. The van der Waals surface area contributed by atoms with Crippen molar-refractivity contribution < 1.29 is 31.4 Å². The van der Waals surface area contributed by atoms with E-state index >= 15 is 0 Å². The van der Waals surface area contributed by atoms with Crippen molar-refractivity contribution in [2.24, 2.45) is 5.92 Å². The summed E-state index contributed by atoms with van der Waals surface area (Å²) in [5.41, 5.74) is 0.613. The van der Waals surface area contributed by atoms with Gasteiger partial charge in [-0.25, -0.2) is 9.59 Å². The SMILES string of the molecule is C=C(C)C(=O)OCC(COC(=O)C(=C)C)C[Si](O[Si](C)(C)C)(O[Si](C)(C)C)O[Si](C)(C)C. The molecule has 0 spiro atoms. The summed E-state index contributed by atoms with van der Waals surface area (Å²) in [6, 6.07) is 0.388. The van der Waals surface area contributed by atoms with Crippen molar-refractivity contribution in [1.29, 1.82) is 0 Å². The summed E-state index contributed by atoms with van der Waals surface area (Å²) in [6.45, 7) is 29.5. The van der Waals surface area contributed by atoms with Gasteiger partial charge in [-0.1, -0.05) is 13.2 Å². The minimum absolute atomic E-state index is 0.0447. The summed E-state index contributed by atoms with van der Waals surface area (Å²) in [4.78, 5) is 24.1. The maximum Gasteiger partial charge on any atom is 0.470 e. The third kappa shape index (κ3) is 14.3. The van der Waals surface area contributed by atoms with Crippen molar-refractivity contribution in [2.45, 2.75) is 78.8 Å². The molecule has 0 bridgehead atoms. The maximum atomic E-state index is 12.0. The number of hydrogen-bond donors (Lipinski definition) is 0. The Bertz CT molecular complexity index is 617. The van der Waals surface area contributed by atoms with E-state index in [0.29, 0.717) is 17.2 Å². The van der Waals surface area contributed by atoms with E-state index in [1.165, 1.54) is 0 Å². The normalized spacial score (nSPS) is 13.1. The molecule has 0 atom stereocenters. The second-order valence-electron chi connectivity index (χ2n) is 11.2. The van der Waals surface area contributed by atoms with Gasteiger partial charge in [0.1, 0.15) is 0 Å². The molecule has 0 aromatic heterocycles. The Labute approximate surface area is 199 Å². The van der Waals surface area contributed by atoms with E-state index in [-0.39, 0.29) is 19.1 Å². The predicted molar refractivity (Wildman–Crippen MR) is 139 cm³/mol. The molecule has 32 heavy (non-hydrogen) atoms. The molecule has 0 rings (SSSR count). The minimum Gasteiger partial charge on any atom is -0.462 e. The molecule has 0 unspecified atom stereocenters. The Morgan fingerprint density at radius 2 is 0.938 bits per heavy atom. The number of rotatable bonds is 14. The van der Waals surface area contributed by atoms with Crippen molar-refractivity contribution in [1.82, 2.24) is 0 Å². The van der Waals surface area contributed by atoms with Crippen LogP contribution in [0.5, 0.6) is 0 Å². The van der Waals surface area contributed by atoms with Gasteiger partial charge in [0, 0.05) is 23.1 Å². The standard InChI is InChI=1S/C21H44O7Si4/c1-17(2)20(22)24-14-19(15-25-21(23)18(3)4)16-32(26-29(5,6)7,27-30(8,9)10)28-31(11,12)13/h19H,1,3,14-16H2,2,4-13H3. The van der Waals surface area contributed by atoms with Crippen LogP contribution < -0.4 is 0 Å². The number of carbonyl (C=O) groups is 2. The lowest BCUT2D eigenvalue weighted by Crippen LogP contribution is -2.61. The van der Waals surface area contributed by atoms with Crippen LogP contribution in [0, 0.1) is 5.92 Å². The maximum absolute atomic E-state index is 12.0.